The average Bonchev–Trinajstić information content (AvgIpc) is 2.99. The van der Waals surface area contributed by atoms with Gasteiger partial charge in [0.2, 0.25) is 5.95 Å². The number of fused-ring (bicyclic) bond motifs is 1. The van der Waals surface area contributed by atoms with E-state index in [9.17, 15) is 14.7 Å². The van der Waals surface area contributed by atoms with Crippen LogP contribution < -0.4 is 15.8 Å². The van der Waals surface area contributed by atoms with E-state index in [1.165, 1.54) is 18.3 Å². The van der Waals surface area contributed by atoms with E-state index < -0.39 is 11.5 Å². The molecule has 0 unspecified atom stereocenters. The number of anilines is 3. The summed E-state index contributed by atoms with van der Waals surface area (Å²) in [5.74, 6) is -0.785. The summed E-state index contributed by atoms with van der Waals surface area (Å²) in [7, 11) is 2.13. The van der Waals surface area contributed by atoms with Crippen molar-refractivity contribution in [3.63, 3.8) is 0 Å². The molecule has 10 nitrogen and oxygen atoms in total. The molecule has 1 fully saturated rings. The number of rotatable bonds is 6. The van der Waals surface area contributed by atoms with Crippen molar-refractivity contribution in [1.29, 1.82) is 0 Å². The number of piperazine rings is 1. The van der Waals surface area contributed by atoms with Gasteiger partial charge in [-0.25, -0.2) is 14.8 Å². The number of nitrogens with one attached hydrogen (secondary N) is 1. The number of carboxylic acid groups (broad SMARTS) is 1. The normalized spacial score (nSPS) is 13.8. The van der Waals surface area contributed by atoms with Crippen LogP contribution in [0.3, 0.4) is 0 Å². The van der Waals surface area contributed by atoms with Gasteiger partial charge in [0.15, 0.2) is 0 Å². The van der Waals surface area contributed by atoms with Crippen molar-refractivity contribution < 1.29 is 9.90 Å². The molecule has 1 saturated heterocycles. The van der Waals surface area contributed by atoms with E-state index in [1.54, 1.807) is 30.3 Å². The fraction of sp³-hybridized carbons (Fsp3) is 0.167. The van der Waals surface area contributed by atoms with Crippen LogP contribution in [-0.2, 0) is 0 Å². The predicted molar refractivity (Wildman–Crippen MR) is 165 cm³/mol. The fourth-order valence-corrected chi connectivity index (χ4v) is 5.40. The number of aromatic nitrogens is 4. The lowest BCUT2D eigenvalue weighted by Crippen LogP contribution is -2.44. The van der Waals surface area contributed by atoms with E-state index in [0.717, 1.165) is 42.2 Å². The Labute approximate surface area is 250 Å². The zero-order chi connectivity index (χ0) is 29.4. The van der Waals surface area contributed by atoms with Gasteiger partial charge in [0.05, 0.1) is 21.0 Å². The minimum Gasteiger partial charge on any atom is -0.478 e. The maximum absolute atomic E-state index is 13.6. The number of likely N-dealkylation sites (N-methyl/N-ethyl adjacent to an activating group) is 1. The lowest BCUT2D eigenvalue weighted by Gasteiger charge is -2.34. The van der Waals surface area contributed by atoms with Crippen LogP contribution in [0.5, 0.6) is 0 Å². The summed E-state index contributed by atoms with van der Waals surface area (Å²) < 4.78 is 1.13. The van der Waals surface area contributed by atoms with Crippen molar-refractivity contribution in [2.45, 2.75) is 0 Å². The largest absolute Gasteiger partial charge is 0.478 e. The van der Waals surface area contributed by atoms with Crippen LogP contribution in [0.15, 0.2) is 77.7 Å². The Hall–Kier alpha value is -4.51. The highest BCUT2D eigenvalue weighted by molar-refractivity contribution is 6.37. The number of carbonyl (C=O) groups is 1. The maximum atomic E-state index is 13.6. The van der Waals surface area contributed by atoms with Crippen molar-refractivity contribution in [1.82, 2.24) is 24.6 Å². The summed E-state index contributed by atoms with van der Waals surface area (Å²) in [4.78, 5) is 38.8. The number of nitrogens with zero attached hydrogens (tertiary/aromatic N) is 6. The van der Waals surface area contributed by atoms with E-state index in [2.05, 4.69) is 49.4 Å². The monoisotopic (exact) mass is 601 g/mol. The highest BCUT2D eigenvalue weighted by Gasteiger charge is 2.20. The van der Waals surface area contributed by atoms with E-state index in [4.69, 9.17) is 23.2 Å². The lowest BCUT2D eigenvalue weighted by atomic mass is 10.1. The molecule has 0 atom stereocenters. The first-order chi connectivity index (χ1) is 20.3. The summed E-state index contributed by atoms with van der Waals surface area (Å²) in [5, 5.41) is 17.9. The van der Waals surface area contributed by atoms with Crippen LogP contribution in [0.4, 0.5) is 17.3 Å². The highest BCUT2D eigenvalue weighted by Crippen LogP contribution is 2.30. The van der Waals surface area contributed by atoms with Gasteiger partial charge in [0.25, 0.3) is 5.56 Å². The summed E-state index contributed by atoms with van der Waals surface area (Å²) >= 11 is 12.9. The van der Waals surface area contributed by atoms with Crippen LogP contribution in [0, 0.1) is 0 Å². The fourth-order valence-electron chi connectivity index (χ4n) is 4.84. The molecular weight excluding hydrogens is 577 g/mol. The van der Waals surface area contributed by atoms with Gasteiger partial charge in [-0.3, -0.25) is 4.79 Å². The Morgan fingerprint density at radius 1 is 0.929 bits per heavy atom. The van der Waals surface area contributed by atoms with Crippen molar-refractivity contribution in [2.24, 2.45) is 0 Å². The second-order valence-electron chi connectivity index (χ2n) is 9.94. The molecule has 0 bridgehead atoms. The minimum atomic E-state index is -1.06. The molecule has 212 valence electrons. The third-order valence-electron chi connectivity index (χ3n) is 7.18. The first-order valence-corrected chi connectivity index (χ1v) is 13.9. The van der Waals surface area contributed by atoms with Crippen molar-refractivity contribution >= 4 is 57.4 Å². The van der Waals surface area contributed by atoms with Gasteiger partial charge < -0.3 is 20.2 Å². The first kappa shape index (κ1) is 27.6. The Kier molecular flexibility index (Phi) is 7.51. The standard InChI is InChI=1S/C30H25Cl2N7O3/c1-37-13-15-38(16-14-37)21-11-9-20(10-12-21)34-30-33-17-22-26(35-30)25(18-5-7-19(8-6-18)29(41)42)36-39(28(22)40)27-23(31)3-2-4-24(27)32/h2-12,17H,13-16H2,1H3,(H,41,42)(H,33,34,35). The van der Waals surface area contributed by atoms with Crippen LogP contribution in [0.2, 0.25) is 10.0 Å². The van der Waals surface area contributed by atoms with Gasteiger partial charge in [-0.1, -0.05) is 41.4 Å². The molecule has 3 heterocycles. The van der Waals surface area contributed by atoms with Crippen molar-refractivity contribution in [3.8, 4) is 16.9 Å². The van der Waals surface area contributed by atoms with Gasteiger partial charge in [0.1, 0.15) is 16.9 Å². The molecule has 2 aromatic heterocycles. The molecule has 42 heavy (non-hydrogen) atoms. The number of hydrogen-bond acceptors (Lipinski definition) is 8. The molecule has 5 aromatic rings. The predicted octanol–water partition coefficient (Wildman–Crippen LogP) is 5.34. The molecule has 0 amide bonds. The van der Waals surface area contributed by atoms with E-state index in [0.29, 0.717) is 11.3 Å². The quantitative estimate of drug-likeness (QED) is 0.266. The molecule has 1 aliphatic heterocycles. The Morgan fingerprint density at radius 2 is 1.60 bits per heavy atom. The SMILES string of the molecule is CN1CCN(c2ccc(Nc3ncc4c(=O)n(-c5c(Cl)cccc5Cl)nc(-c5ccc(C(=O)O)cc5)c4n3)cc2)CC1. The second-order valence-corrected chi connectivity index (χ2v) is 10.8. The van der Waals surface area contributed by atoms with Crippen LogP contribution in [0.1, 0.15) is 10.4 Å². The van der Waals surface area contributed by atoms with Crippen molar-refractivity contribution in [3.05, 3.63) is 98.9 Å². The molecule has 1 aliphatic rings. The highest BCUT2D eigenvalue weighted by atomic mass is 35.5. The maximum Gasteiger partial charge on any atom is 0.335 e. The van der Waals surface area contributed by atoms with E-state index >= 15 is 0 Å². The molecule has 0 saturated carbocycles. The molecule has 0 spiro atoms. The number of hydrogen-bond donors (Lipinski definition) is 2. The number of benzene rings is 3. The summed E-state index contributed by atoms with van der Waals surface area (Å²) in [6.45, 7) is 3.98. The topological polar surface area (TPSA) is 116 Å². The molecule has 0 aliphatic carbocycles. The van der Waals surface area contributed by atoms with Gasteiger partial charge in [-0.2, -0.15) is 9.78 Å². The minimum absolute atomic E-state index is 0.113. The van der Waals surface area contributed by atoms with E-state index in [-0.39, 0.29) is 38.1 Å². The molecule has 2 N–H and O–H groups in total. The number of carboxylic acids is 1. The second kappa shape index (κ2) is 11.4. The lowest BCUT2D eigenvalue weighted by molar-refractivity contribution is 0.0697. The van der Waals surface area contributed by atoms with Gasteiger partial charge in [-0.05, 0) is 55.6 Å². The average molecular weight is 602 g/mol. The van der Waals surface area contributed by atoms with E-state index in [1.807, 2.05) is 12.1 Å². The van der Waals surface area contributed by atoms with Gasteiger partial charge in [-0.15, -0.1) is 0 Å². The van der Waals surface area contributed by atoms with Gasteiger partial charge in [0, 0.05) is 49.3 Å². The van der Waals surface area contributed by atoms with Crippen LogP contribution >= 0.6 is 23.2 Å². The third kappa shape index (κ3) is 5.39. The number of halogens is 2. The Balaban J connectivity index is 1.42. The number of aromatic carboxylic acids is 1. The summed E-state index contributed by atoms with van der Waals surface area (Å²) in [5.41, 5.74) is 2.91. The first-order valence-electron chi connectivity index (χ1n) is 13.2. The molecule has 0 radical (unpaired) electrons. The zero-order valence-electron chi connectivity index (χ0n) is 22.5. The summed E-state index contributed by atoms with van der Waals surface area (Å²) in [6, 6.07) is 19.1. The molecule has 6 rings (SSSR count). The van der Waals surface area contributed by atoms with Crippen molar-refractivity contribution in [2.75, 3.05) is 43.4 Å². The van der Waals surface area contributed by atoms with Crippen LogP contribution in [0.25, 0.3) is 27.8 Å². The van der Waals surface area contributed by atoms with Gasteiger partial charge >= 0.3 is 5.97 Å². The molecular formula is C30H25Cl2N7O3. The zero-order valence-corrected chi connectivity index (χ0v) is 24.0. The molecule has 3 aromatic carbocycles. The van der Waals surface area contributed by atoms with Crippen LogP contribution in [-0.4, -0.2) is 69.0 Å². The Bertz CT molecular complexity index is 1830. The summed E-state index contributed by atoms with van der Waals surface area (Å²) in [6.07, 6.45) is 1.43. The number of para-hydroxylation sites is 1. The molecule has 12 heteroatoms. The Morgan fingerprint density at radius 3 is 2.24 bits per heavy atom. The smallest absolute Gasteiger partial charge is 0.335 e. The third-order valence-corrected chi connectivity index (χ3v) is 7.79.